The van der Waals surface area contributed by atoms with Crippen LogP contribution < -0.4 is 0 Å². The Bertz CT molecular complexity index is 207. The summed E-state index contributed by atoms with van der Waals surface area (Å²) >= 11 is 5.61. The summed E-state index contributed by atoms with van der Waals surface area (Å²) in [7, 11) is 0. The fourth-order valence-electron chi connectivity index (χ4n) is 1.43. The van der Waals surface area contributed by atoms with E-state index in [1.165, 1.54) is 44.9 Å². The molecule has 0 fully saturated rings. The SMILES string of the molecule is CCCC/C=C\C#CCCCCCCCCl. The Kier molecular flexibility index (Phi) is 14.2. The maximum absolute atomic E-state index is 5.61. The minimum atomic E-state index is 0.808. The van der Waals surface area contributed by atoms with Gasteiger partial charge in [0.05, 0.1) is 0 Å². The van der Waals surface area contributed by atoms with E-state index in [0.29, 0.717) is 0 Å². The van der Waals surface area contributed by atoms with E-state index in [1.54, 1.807) is 0 Å². The lowest BCUT2D eigenvalue weighted by atomic mass is 10.1. The van der Waals surface area contributed by atoms with Crippen LogP contribution in [0.15, 0.2) is 12.2 Å². The maximum Gasteiger partial charge on any atom is 0.0223 e. The molecule has 0 heterocycles. The molecule has 0 atom stereocenters. The number of halogens is 1. The number of rotatable bonds is 9. The van der Waals surface area contributed by atoms with E-state index in [4.69, 9.17) is 11.6 Å². The number of allylic oxidation sites excluding steroid dienone is 2. The van der Waals surface area contributed by atoms with Gasteiger partial charge in [0.25, 0.3) is 0 Å². The molecular weight excluding hydrogens is 216 g/mol. The Morgan fingerprint density at radius 1 is 1.00 bits per heavy atom. The summed E-state index contributed by atoms with van der Waals surface area (Å²) in [5.41, 5.74) is 0. The van der Waals surface area contributed by atoms with Crippen molar-refractivity contribution in [2.75, 3.05) is 5.88 Å². The maximum atomic E-state index is 5.61. The molecule has 0 N–H and O–H groups in total. The van der Waals surface area contributed by atoms with Gasteiger partial charge in [0.1, 0.15) is 0 Å². The second-order valence-electron chi connectivity index (χ2n) is 4.07. The molecule has 0 nitrogen and oxygen atoms in total. The molecule has 0 aromatic heterocycles. The van der Waals surface area contributed by atoms with Crippen molar-refractivity contribution in [1.82, 2.24) is 0 Å². The van der Waals surface area contributed by atoms with Crippen molar-refractivity contribution in [3.8, 4) is 11.8 Å². The highest BCUT2D eigenvalue weighted by atomic mass is 35.5. The average molecular weight is 241 g/mol. The Labute approximate surface area is 106 Å². The van der Waals surface area contributed by atoms with E-state index in [-0.39, 0.29) is 0 Å². The molecule has 0 saturated heterocycles. The van der Waals surface area contributed by atoms with Crippen molar-refractivity contribution < 1.29 is 0 Å². The van der Waals surface area contributed by atoms with Crippen molar-refractivity contribution in [1.29, 1.82) is 0 Å². The van der Waals surface area contributed by atoms with Crippen LogP contribution in [0.3, 0.4) is 0 Å². The molecule has 16 heavy (non-hydrogen) atoms. The van der Waals surface area contributed by atoms with Crippen LogP contribution in [-0.4, -0.2) is 5.88 Å². The normalized spacial score (nSPS) is 10.4. The van der Waals surface area contributed by atoms with Crippen molar-refractivity contribution in [3.63, 3.8) is 0 Å². The molecule has 0 saturated carbocycles. The number of hydrogen-bond acceptors (Lipinski definition) is 0. The van der Waals surface area contributed by atoms with Crippen molar-refractivity contribution in [3.05, 3.63) is 12.2 Å². The molecule has 0 aliphatic rings. The minimum Gasteiger partial charge on any atom is -0.127 e. The first kappa shape index (κ1) is 15.6. The van der Waals surface area contributed by atoms with Gasteiger partial charge in [0, 0.05) is 12.3 Å². The summed E-state index contributed by atoms with van der Waals surface area (Å²) < 4.78 is 0. The molecule has 0 amide bonds. The van der Waals surface area contributed by atoms with E-state index in [2.05, 4.69) is 24.8 Å². The smallest absolute Gasteiger partial charge is 0.0223 e. The summed E-state index contributed by atoms with van der Waals surface area (Å²) in [6.45, 7) is 2.21. The van der Waals surface area contributed by atoms with Gasteiger partial charge >= 0.3 is 0 Å². The van der Waals surface area contributed by atoms with Crippen molar-refractivity contribution in [2.24, 2.45) is 0 Å². The topological polar surface area (TPSA) is 0 Å². The summed E-state index contributed by atoms with van der Waals surface area (Å²) in [5, 5.41) is 0. The van der Waals surface area contributed by atoms with Gasteiger partial charge in [-0.2, -0.15) is 0 Å². The third-order valence-corrected chi connectivity index (χ3v) is 2.73. The summed E-state index contributed by atoms with van der Waals surface area (Å²) in [6, 6.07) is 0. The molecule has 0 rings (SSSR count). The van der Waals surface area contributed by atoms with Crippen LogP contribution in [0.4, 0.5) is 0 Å². The molecule has 0 unspecified atom stereocenters. The van der Waals surface area contributed by atoms with Crippen molar-refractivity contribution in [2.45, 2.75) is 64.7 Å². The summed E-state index contributed by atoms with van der Waals surface area (Å²) in [5.74, 6) is 7.09. The molecule has 0 spiro atoms. The van der Waals surface area contributed by atoms with Gasteiger partial charge in [0.2, 0.25) is 0 Å². The van der Waals surface area contributed by atoms with E-state index in [1.807, 2.05) is 6.08 Å². The largest absolute Gasteiger partial charge is 0.127 e. The van der Waals surface area contributed by atoms with E-state index < -0.39 is 0 Å². The quantitative estimate of drug-likeness (QED) is 0.291. The standard InChI is InChI=1S/C15H25Cl/c1-2-3-4-5-6-7-8-9-10-11-12-13-14-15-16/h5-6H,2-4,9-15H2,1H3/b6-5-. The highest BCUT2D eigenvalue weighted by Crippen LogP contribution is 2.05. The van der Waals surface area contributed by atoms with Gasteiger partial charge in [-0.1, -0.05) is 56.9 Å². The Morgan fingerprint density at radius 2 is 1.75 bits per heavy atom. The van der Waals surface area contributed by atoms with Crippen LogP contribution in [-0.2, 0) is 0 Å². The average Bonchev–Trinajstić information content (AvgIpc) is 2.31. The fourth-order valence-corrected chi connectivity index (χ4v) is 1.62. The summed E-state index contributed by atoms with van der Waals surface area (Å²) in [6.07, 6.45) is 15.2. The Morgan fingerprint density at radius 3 is 2.50 bits per heavy atom. The highest BCUT2D eigenvalue weighted by Gasteiger charge is 1.87. The highest BCUT2D eigenvalue weighted by molar-refractivity contribution is 6.17. The first-order valence-electron chi connectivity index (χ1n) is 6.61. The van der Waals surface area contributed by atoms with Crippen LogP contribution in [0.25, 0.3) is 0 Å². The first-order valence-corrected chi connectivity index (χ1v) is 7.14. The predicted octanol–water partition coefficient (Wildman–Crippen LogP) is 5.32. The van der Waals surface area contributed by atoms with Gasteiger partial charge < -0.3 is 0 Å². The zero-order valence-corrected chi connectivity index (χ0v) is 11.4. The van der Waals surface area contributed by atoms with Crippen LogP contribution in [0, 0.1) is 11.8 Å². The predicted molar refractivity (Wildman–Crippen MR) is 74.9 cm³/mol. The van der Waals surface area contributed by atoms with Gasteiger partial charge in [-0.15, -0.1) is 11.6 Å². The fraction of sp³-hybridized carbons (Fsp3) is 0.733. The monoisotopic (exact) mass is 240 g/mol. The van der Waals surface area contributed by atoms with Crippen LogP contribution in [0.1, 0.15) is 64.7 Å². The lowest BCUT2D eigenvalue weighted by molar-refractivity contribution is 0.643. The van der Waals surface area contributed by atoms with Gasteiger partial charge in [-0.05, 0) is 25.3 Å². The molecule has 0 aromatic carbocycles. The zero-order chi connectivity index (χ0) is 11.9. The third kappa shape index (κ3) is 13.6. The first-order chi connectivity index (χ1) is 7.91. The molecule has 0 radical (unpaired) electrons. The van der Waals surface area contributed by atoms with E-state index in [0.717, 1.165) is 18.7 Å². The molecule has 0 bridgehead atoms. The van der Waals surface area contributed by atoms with Gasteiger partial charge in [0.15, 0.2) is 0 Å². The lowest BCUT2D eigenvalue weighted by Gasteiger charge is -1.95. The molecule has 0 aromatic rings. The van der Waals surface area contributed by atoms with Crippen LogP contribution in [0.5, 0.6) is 0 Å². The second kappa shape index (κ2) is 14.6. The van der Waals surface area contributed by atoms with E-state index in [9.17, 15) is 0 Å². The third-order valence-electron chi connectivity index (χ3n) is 2.46. The minimum absolute atomic E-state index is 0.808. The van der Waals surface area contributed by atoms with Crippen molar-refractivity contribution >= 4 is 11.6 Å². The zero-order valence-electron chi connectivity index (χ0n) is 10.6. The molecule has 1 heteroatoms. The summed E-state index contributed by atoms with van der Waals surface area (Å²) in [4.78, 5) is 0. The van der Waals surface area contributed by atoms with Crippen LogP contribution in [0.2, 0.25) is 0 Å². The number of unbranched alkanes of at least 4 members (excludes halogenated alkanes) is 7. The molecule has 92 valence electrons. The molecule has 0 aliphatic carbocycles. The number of alkyl halides is 1. The van der Waals surface area contributed by atoms with E-state index >= 15 is 0 Å². The van der Waals surface area contributed by atoms with Gasteiger partial charge in [-0.3, -0.25) is 0 Å². The Hall–Kier alpha value is -0.410. The molecular formula is C15H25Cl. The lowest BCUT2D eigenvalue weighted by Crippen LogP contribution is -1.79. The van der Waals surface area contributed by atoms with Crippen LogP contribution >= 0.6 is 11.6 Å². The second-order valence-corrected chi connectivity index (χ2v) is 4.45. The van der Waals surface area contributed by atoms with Gasteiger partial charge in [-0.25, -0.2) is 0 Å². The molecule has 0 aliphatic heterocycles. The number of hydrogen-bond donors (Lipinski definition) is 0. The Balaban J connectivity index is 3.18.